The zero-order valence-electron chi connectivity index (χ0n) is 14.6. The number of hydrogen-bond donors (Lipinski definition) is 0. The topological polar surface area (TPSA) is 12.9 Å². The van der Waals surface area contributed by atoms with Crippen molar-refractivity contribution in [1.29, 1.82) is 0 Å². The first kappa shape index (κ1) is 18.0. The Bertz CT molecular complexity index is 704. The van der Waals surface area contributed by atoms with E-state index < -0.39 is 17.7 Å². The first-order valence-electron chi connectivity index (χ1n) is 9.16. The van der Waals surface area contributed by atoms with Crippen LogP contribution in [-0.4, -0.2) is 4.98 Å². The molecule has 0 atom stereocenters. The Hall–Kier alpha value is -1.84. The molecule has 0 saturated heterocycles. The Balaban J connectivity index is 1.59. The Morgan fingerprint density at radius 3 is 2.24 bits per heavy atom. The quantitative estimate of drug-likeness (QED) is 0.607. The van der Waals surface area contributed by atoms with Gasteiger partial charge in [0, 0.05) is 5.56 Å². The first-order chi connectivity index (χ1) is 12.1. The molecule has 25 heavy (non-hydrogen) atoms. The summed E-state index contributed by atoms with van der Waals surface area (Å²) in [5.41, 5.74) is 2.55. The van der Waals surface area contributed by atoms with E-state index in [9.17, 15) is 13.2 Å². The van der Waals surface area contributed by atoms with Gasteiger partial charge in [-0.3, -0.25) is 0 Å². The fraction of sp³-hybridized carbons (Fsp3) is 0.476. The molecule has 1 saturated carbocycles. The lowest BCUT2D eigenvalue weighted by Gasteiger charge is -2.28. The van der Waals surface area contributed by atoms with Crippen molar-refractivity contribution in [1.82, 2.24) is 4.98 Å². The molecule has 0 unspecified atom stereocenters. The van der Waals surface area contributed by atoms with E-state index in [4.69, 9.17) is 0 Å². The molecular formula is C21H24F3N. The second-order valence-electron chi connectivity index (χ2n) is 7.08. The van der Waals surface area contributed by atoms with Crippen molar-refractivity contribution >= 4 is 0 Å². The molecule has 4 heteroatoms. The van der Waals surface area contributed by atoms with Gasteiger partial charge in [-0.25, -0.2) is 4.39 Å². The molecule has 0 bridgehead atoms. The predicted octanol–water partition coefficient (Wildman–Crippen LogP) is 5.97. The third kappa shape index (κ3) is 4.42. The van der Waals surface area contributed by atoms with Gasteiger partial charge in [0.1, 0.15) is 0 Å². The van der Waals surface area contributed by atoms with Crippen molar-refractivity contribution in [2.24, 2.45) is 5.92 Å². The number of nitrogens with zero attached hydrogens (tertiary/aromatic N) is 1. The van der Waals surface area contributed by atoms with Crippen LogP contribution in [0.2, 0.25) is 0 Å². The van der Waals surface area contributed by atoms with Crippen molar-refractivity contribution in [2.45, 2.75) is 57.8 Å². The van der Waals surface area contributed by atoms with Gasteiger partial charge in [-0.1, -0.05) is 37.6 Å². The van der Waals surface area contributed by atoms with Gasteiger partial charge in [0.05, 0.1) is 0 Å². The maximum atomic E-state index is 13.6. The molecular weight excluding hydrogens is 323 g/mol. The molecule has 134 valence electrons. The fourth-order valence-electron chi connectivity index (χ4n) is 3.80. The van der Waals surface area contributed by atoms with E-state index in [0.29, 0.717) is 18.8 Å². The highest BCUT2D eigenvalue weighted by Crippen LogP contribution is 2.36. The second kappa shape index (κ2) is 8.03. The molecule has 2 aromatic rings. The zero-order valence-corrected chi connectivity index (χ0v) is 14.6. The SMILES string of the molecule is CC[C@H]1CC[C@H](c2ccc(CCc3cc(F)c(F)nc3F)cc2)CC1. The van der Waals surface area contributed by atoms with Crippen LogP contribution in [0.25, 0.3) is 0 Å². The Labute approximate surface area is 147 Å². The van der Waals surface area contributed by atoms with E-state index in [2.05, 4.69) is 36.2 Å². The van der Waals surface area contributed by atoms with Gasteiger partial charge in [0.25, 0.3) is 5.95 Å². The highest BCUT2D eigenvalue weighted by molar-refractivity contribution is 5.27. The summed E-state index contributed by atoms with van der Waals surface area (Å²) in [6.45, 7) is 2.27. The monoisotopic (exact) mass is 347 g/mol. The Kier molecular flexibility index (Phi) is 5.77. The van der Waals surface area contributed by atoms with Crippen molar-refractivity contribution in [3.05, 3.63) is 64.7 Å². The molecule has 0 radical (unpaired) electrons. The lowest BCUT2D eigenvalue weighted by molar-refractivity contribution is 0.319. The number of halogens is 3. The number of hydrogen-bond acceptors (Lipinski definition) is 1. The van der Waals surface area contributed by atoms with E-state index >= 15 is 0 Å². The second-order valence-corrected chi connectivity index (χ2v) is 7.08. The van der Waals surface area contributed by atoms with Crippen LogP contribution in [0.4, 0.5) is 13.2 Å². The van der Waals surface area contributed by atoms with E-state index in [1.807, 2.05) is 0 Å². The number of aromatic nitrogens is 1. The maximum absolute atomic E-state index is 13.6. The number of aryl methyl sites for hydroxylation is 2. The summed E-state index contributed by atoms with van der Waals surface area (Å²) in [6, 6.07) is 9.34. The molecule has 1 aliphatic rings. The minimum Gasteiger partial charge on any atom is -0.202 e. The van der Waals surface area contributed by atoms with Crippen molar-refractivity contribution in [3.8, 4) is 0 Å². The van der Waals surface area contributed by atoms with Crippen LogP contribution in [0.1, 0.15) is 61.6 Å². The fourth-order valence-corrected chi connectivity index (χ4v) is 3.80. The van der Waals surface area contributed by atoms with Gasteiger partial charge < -0.3 is 0 Å². The van der Waals surface area contributed by atoms with Gasteiger partial charge in [-0.15, -0.1) is 0 Å². The molecule has 1 aromatic carbocycles. The summed E-state index contributed by atoms with van der Waals surface area (Å²) in [5.74, 6) is -1.89. The van der Waals surface area contributed by atoms with Crippen LogP contribution in [0.3, 0.4) is 0 Å². The third-order valence-electron chi connectivity index (χ3n) is 5.52. The molecule has 1 aliphatic carbocycles. The van der Waals surface area contributed by atoms with E-state index in [1.165, 1.54) is 37.7 Å². The van der Waals surface area contributed by atoms with E-state index in [-0.39, 0.29) is 5.56 Å². The van der Waals surface area contributed by atoms with E-state index in [1.54, 1.807) is 0 Å². The Morgan fingerprint density at radius 1 is 0.920 bits per heavy atom. The van der Waals surface area contributed by atoms with Crippen LogP contribution in [0.5, 0.6) is 0 Å². The van der Waals surface area contributed by atoms with E-state index in [0.717, 1.165) is 17.5 Å². The molecule has 1 nitrogen and oxygen atoms in total. The first-order valence-corrected chi connectivity index (χ1v) is 9.16. The predicted molar refractivity (Wildman–Crippen MR) is 93.0 cm³/mol. The Morgan fingerprint density at radius 2 is 1.60 bits per heavy atom. The molecule has 0 amide bonds. The smallest absolute Gasteiger partial charge is 0.202 e. The summed E-state index contributed by atoms with van der Waals surface area (Å²) in [5, 5.41) is 0. The van der Waals surface area contributed by atoms with Gasteiger partial charge in [-0.05, 0) is 67.6 Å². The van der Waals surface area contributed by atoms with Gasteiger partial charge in [-0.2, -0.15) is 13.8 Å². The molecule has 1 aromatic heterocycles. The molecule has 1 fully saturated rings. The summed E-state index contributed by atoms with van der Waals surface area (Å²) >= 11 is 0. The number of pyridine rings is 1. The average molecular weight is 347 g/mol. The number of rotatable bonds is 5. The molecule has 1 heterocycles. The largest absolute Gasteiger partial charge is 0.251 e. The third-order valence-corrected chi connectivity index (χ3v) is 5.52. The summed E-state index contributed by atoms with van der Waals surface area (Å²) in [4.78, 5) is 2.97. The van der Waals surface area contributed by atoms with Crippen LogP contribution in [0.15, 0.2) is 30.3 Å². The minimum atomic E-state index is -1.39. The van der Waals surface area contributed by atoms with Gasteiger partial charge >= 0.3 is 0 Å². The minimum absolute atomic E-state index is 0.112. The van der Waals surface area contributed by atoms with Crippen LogP contribution >= 0.6 is 0 Å². The normalized spacial score (nSPS) is 20.6. The summed E-state index contributed by atoms with van der Waals surface area (Å²) in [7, 11) is 0. The lowest BCUT2D eigenvalue weighted by atomic mass is 9.78. The van der Waals surface area contributed by atoms with Gasteiger partial charge in [0.15, 0.2) is 5.82 Å². The zero-order chi connectivity index (χ0) is 17.8. The van der Waals surface area contributed by atoms with Crippen LogP contribution in [0, 0.1) is 23.6 Å². The molecule has 3 rings (SSSR count). The average Bonchev–Trinajstić information content (AvgIpc) is 2.64. The van der Waals surface area contributed by atoms with Crippen molar-refractivity contribution in [3.63, 3.8) is 0 Å². The highest BCUT2D eigenvalue weighted by Gasteiger charge is 2.21. The van der Waals surface area contributed by atoms with Crippen LogP contribution < -0.4 is 0 Å². The van der Waals surface area contributed by atoms with Crippen LogP contribution in [-0.2, 0) is 12.8 Å². The summed E-state index contributed by atoms with van der Waals surface area (Å²) in [6.07, 6.45) is 7.29. The lowest BCUT2D eigenvalue weighted by Crippen LogP contribution is -2.12. The maximum Gasteiger partial charge on any atom is 0.251 e. The number of benzene rings is 1. The van der Waals surface area contributed by atoms with Crippen molar-refractivity contribution < 1.29 is 13.2 Å². The highest BCUT2D eigenvalue weighted by atomic mass is 19.2. The molecule has 0 aliphatic heterocycles. The molecule has 0 spiro atoms. The van der Waals surface area contributed by atoms with Crippen molar-refractivity contribution in [2.75, 3.05) is 0 Å². The standard InChI is InChI=1S/C21H24F3N/c1-2-14-3-8-16(9-4-14)17-10-5-15(6-11-17)7-12-18-13-19(22)21(24)25-20(18)23/h5-6,10-11,13-14,16H,2-4,7-9,12H2,1H3/t14-,16-. The summed E-state index contributed by atoms with van der Waals surface area (Å²) < 4.78 is 39.6. The molecule has 0 N–H and O–H groups in total. The van der Waals surface area contributed by atoms with Gasteiger partial charge in [0.2, 0.25) is 5.95 Å².